The Morgan fingerprint density at radius 2 is 2.30 bits per heavy atom. The van der Waals surface area contributed by atoms with Crippen molar-refractivity contribution in [3.8, 4) is 5.69 Å². The molecule has 1 saturated heterocycles. The Morgan fingerprint density at radius 3 is 3.00 bits per heavy atom. The van der Waals surface area contributed by atoms with Gasteiger partial charge in [0.1, 0.15) is 0 Å². The first-order valence-corrected chi connectivity index (χ1v) is 7.88. The molecule has 3 rings (SSSR count). The van der Waals surface area contributed by atoms with E-state index < -0.39 is 5.91 Å². The molecule has 2 heterocycles. The van der Waals surface area contributed by atoms with Crippen LogP contribution in [0, 0.1) is 0 Å². The maximum Gasteiger partial charge on any atom is 0.275 e. The molecule has 0 bridgehead atoms. The van der Waals surface area contributed by atoms with Crippen LogP contribution in [0.25, 0.3) is 5.69 Å². The van der Waals surface area contributed by atoms with Crippen molar-refractivity contribution in [2.75, 3.05) is 18.9 Å². The summed E-state index contributed by atoms with van der Waals surface area (Å²) in [4.78, 5) is 12.2. The predicted octanol–water partition coefficient (Wildman–Crippen LogP) is 2.07. The molecule has 122 valence electrons. The van der Waals surface area contributed by atoms with Crippen LogP contribution in [0.2, 0.25) is 10.0 Å². The molecule has 0 spiro atoms. The summed E-state index contributed by atoms with van der Waals surface area (Å²) in [6.07, 6.45) is 1.98. The summed E-state index contributed by atoms with van der Waals surface area (Å²) in [5.74, 6) is -0.284. The number of hydrogen-bond donors (Lipinski definition) is 2. The van der Waals surface area contributed by atoms with Gasteiger partial charge in [-0.15, -0.1) is 5.10 Å². The first-order chi connectivity index (χ1) is 11.1. The second-order valence-corrected chi connectivity index (χ2v) is 6.02. The molecule has 7 nitrogen and oxygen atoms in total. The monoisotopic (exact) mass is 355 g/mol. The molecule has 1 aliphatic heterocycles. The lowest BCUT2D eigenvalue weighted by molar-refractivity contribution is 0.0854. The van der Waals surface area contributed by atoms with E-state index in [1.165, 1.54) is 4.68 Å². The Hall–Kier alpha value is -1.83. The number of anilines is 1. The highest BCUT2D eigenvalue weighted by molar-refractivity contribution is 6.35. The molecular formula is C14H15Cl2N5O2. The number of hydrogen-bond acceptors (Lipinski definition) is 5. The second kappa shape index (κ2) is 6.74. The standard InChI is InChI=1S/C14H15Cl2N5O2/c15-8-3-4-11(10(16)6-8)21-13(17)12(19-20-21)14(22)18-7-9-2-1-5-23-9/h3-4,6,9H,1-2,5,7,17H2,(H,18,22). The average molecular weight is 356 g/mol. The smallest absolute Gasteiger partial charge is 0.275 e. The van der Waals surface area contributed by atoms with E-state index >= 15 is 0 Å². The van der Waals surface area contributed by atoms with Crippen LogP contribution in [-0.4, -0.2) is 40.2 Å². The zero-order chi connectivity index (χ0) is 16.4. The van der Waals surface area contributed by atoms with Gasteiger partial charge in [0, 0.05) is 18.2 Å². The van der Waals surface area contributed by atoms with Crippen molar-refractivity contribution < 1.29 is 9.53 Å². The highest BCUT2D eigenvalue weighted by atomic mass is 35.5. The highest BCUT2D eigenvalue weighted by Gasteiger charge is 2.22. The van der Waals surface area contributed by atoms with E-state index in [-0.39, 0.29) is 17.6 Å². The molecule has 0 radical (unpaired) electrons. The highest BCUT2D eigenvalue weighted by Crippen LogP contribution is 2.26. The van der Waals surface area contributed by atoms with Crippen LogP contribution in [0.5, 0.6) is 0 Å². The first kappa shape index (κ1) is 16.0. The van der Waals surface area contributed by atoms with Gasteiger partial charge in [0.05, 0.1) is 16.8 Å². The number of nitrogens with two attached hydrogens (primary N) is 1. The fourth-order valence-electron chi connectivity index (χ4n) is 2.38. The lowest BCUT2D eigenvalue weighted by atomic mass is 10.2. The molecule has 0 aliphatic carbocycles. The minimum atomic E-state index is -0.394. The van der Waals surface area contributed by atoms with Crippen molar-refractivity contribution in [2.45, 2.75) is 18.9 Å². The third-order valence-corrected chi connectivity index (χ3v) is 4.11. The van der Waals surface area contributed by atoms with Gasteiger partial charge in [0.25, 0.3) is 5.91 Å². The van der Waals surface area contributed by atoms with Gasteiger partial charge in [-0.2, -0.15) is 4.68 Å². The van der Waals surface area contributed by atoms with E-state index in [4.69, 9.17) is 33.7 Å². The molecule has 1 aliphatic rings. The molecule has 1 amide bonds. The van der Waals surface area contributed by atoms with Crippen molar-refractivity contribution in [1.29, 1.82) is 0 Å². The van der Waals surface area contributed by atoms with E-state index in [2.05, 4.69) is 15.6 Å². The van der Waals surface area contributed by atoms with Gasteiger partial charge >= 0.3 is 0 Å². The molecular weight excluding hydrogens is 341 g/mol. The Morgan fingerprint density at radius 1 is 1.48 bits per heavy atom. The zero-order valence-electron chi connectivity index (χ0n) is 12.1. The Balaban J connectivity index is 1.77. The number of aromatic nitrogens is 3. The molecule has 1 fully saturated rings. The maximum atomic E-state index is 12.2. The molecule has 1 aromatic heterocycles. The number of carbonyl (C=O) groups excluding carboxylic acids is 1. The van der Waals surface area contributed by atoms with Gasteiger partial charge in [0.2, 0.25) is 0 Å². The van der Waals surface area contributed by atoms with Crippen molar-refractivity contribution >= 4 is 34.9 Å². The summed E-state index contributed by atoms with van der Waals surface area (Å²) in [5, 5.41) is 11.4. The number of benzene rings is 1. The van der Waals surface area contributed by atoms with Gasteiger partial charge in [-0.25, -0.2) is 0 Å². The quantitative estimate of drug-likeness (QED) is 0.875. The fourth-order valence-corrected chi connectivity index (χ4v) is 2.87. The van der Waals surface area contributed by atoms with Gasteiger partial charge in [0.15, 0.2) is 11.5 Å². The fraction of sp³-hybridized carbons (Fsp3) is 0.357. The number of ether oxygens (including phenoxy) is 1. The summed E-state index contributed by atoms with van der Waals surface area (Å²) in [6, 6.07) is 4.88. The number of nitrogen functional groups attached to an aromatic ring is 1. The second-order valence-electron chi connectivity index (χ2n) is 5.18. The minimum Gasteiger partial charge on any atom is -0.382 e. The lowest BCUT2D eigenvalue weighted by Gasteiger charge is -2.10. The van der Waals surface area contributed by atoms with Crippen LogP contribution < -0.4 is 11.1 Å². The molecule has 9 heteroatoms. The van der Waals surface area contributed by atoms with Crippen LogP contribution in [0.4, 0.5) is 5.82 Å². The topological polar surface area (TPSA) is 95.1 Å². The molecule has 3 N–H and O–H groups in total. The molecule has 1 atom stereocenters. The Labute approximate surface area is 142 Å². The van der Waals surface area contributed by atoms with Crippen molar-refractivity contribution in [3.05, 3.63) is 33.9 Å². The Kier molecular flexibility index (Phi) is 4.70. The van der Waals surface area contributed by atoms with Crippen LogP contribution in [0.15, 0.2) is 18.2 Å². The number of nitrogens with one attached hydrogen (secondary N) is 1. The van der Waals surface area contributed by atoms with Crippen molar-refractivity contribution in [1.82, 2.24) is 20.3 Å². The van der Waals surface area contributed by atoms with Gasteiger partial charge < -0.3 is 15.8 Å². The number of carbonyl (C=O) groups is 1. The third-order valence-electron chi connectivity index (χ3n) is 3.57. The van der Waals surface area contributed by atoms with E-state index in [0.29, 0.717) is 22.3 Å². The number of amides is 1. The number of nitrogens with zero attached hydrogens (tertiary/aromatic N) is 3. The van der Waals surface area contributed by atoms with Crippen molar-refractivity contribution in [3.63, 3.8) is 0 Å². The van der Waals surface area contributed by atoms with Gasteiger partial charge in [-0.05, 0) is 31.0 Å². The summed E-state index contributed by atoms with van der Waals surface area (Å²) in [7, 11) is 0. The summed E-state index contributed by atoms with van der Waals surface area (Å²) in [5.41, 5.74) is 6.53. The van der Waals surface area contributed by atoms with E-state index in [1.54, 1.807) is 18.2 Å². The maximum absolute atomic E-state index is 12.2. The van der Waals surface area contributed by atoms with Crippen LogP contribution >= 0.6 is 23.2 Å². The van der Waals surface area contributed by atoms with Crippen LogP contribution in [0.3, 0.4) is 0 Å². The SMILES string of the molecule is Nc1c(C(=O)NCC2CCCO2)nnn1-c1ccc(Cl)cc1Cl. The molecule has 23 heavy (non-hydrogen) atoms. The zero-order valence-corrected chi connectivity index (χ0v) is 13.6. The van der Waals surface area contributed by atoms with Gasteiger partial charge in [-0.3, -0.25) is 4.79 Å². The van der Waals surface area contributed by atoms with Crippen LogP contribution in [-0.2, 0) is 4.74 Å². The predicted molar refractivity (Wildman–Crippen MR) is 87.1 cm³/mol. The summed E-state index contributed by atoms with van der Waals surface area (Å²) >= 11 is 12.0. The van der Waals surface area contributed by atoms with Crippen LogP contribution in [0.1, 0.15) is 23.3 Å². The lowest BCUT2D eigenvalue weighted by Crippen LogP contribution is -2.32. The molecule has 0 saturated carbocycles. The molecule has 2 aromatic rings. The normalized spacial score (nSPS) is 17.4. The van der Waals surface area contributed by atoms with E-state index in [9.17, 15) is 4.79 Å². The number of halogens is 2. The molecule has 1 unspecified atom stereocenters. The van der Waals surface area contributed by atoms with E-state index in [0.717, 1.165) is 19.4 Å². The molecule has 1 aromatic carbocycles. The third kappa shape index (κ3) is 3.41. The van der Waals surface area contributed by atoms with E-state index in [1.807, 2.05) is 0 Å². The van der Waals surface area contributed by atoms with Crippen molar-refractivity contribution in [2.24, 2.45) is 0 Å². The first-order valence-electron chi connectivity index (χ1n) is 7.12. The minimum absolute atomic E-state index is 0.0425. The largest absolute Gasteiger partial charge is 0.382 e. The summed E-state index contributed by atoms with van der Waals surface area (Å²) < 4.78 is 6.76. The number of rotatable bonds is 4. The Bertz CT molecular complexity index is 728. The average Bonchev–Trinajstić information content (AvgIpc) is 3.15. The summed E-state index contributed by atoms with van der Waals surface area (Å²) in [6.45, 7) is 1.15. The van der Waals surface area contributed by atoms with Gasteiger partial charge in [-0.1, -0.05) is 28.4 Å².